The topological polar surface area (TPSA) is 44.4 Å². The molecule has 2 N–H and O–H groups in total. The second-order valence-corrected chi connectivity index (χ2v) is 5.75. The van der Waals surface area contributed by atoms with Crippen molar-refractivity contribution in [1.29, 1.82) is 0 Å². The third-order valence-electron chi connectivity index (χ3n) is 4.20. The molecule has 1 aromatic carbocycles. The monoisotopic (exact) mass is 289 g/mol. The first kappa shape index (κ1) is 15.8. The van der Waals surface area contributed by atoms with Gasteiger partial charge in [-0.05, 0) is 56.0 Å². The minimum atomic E-state index is -0.0153. The summed E-state index contributed by atoms with van der Waals surface area (Å²) in [5, 5.41) is 6.22. The van der Waals surface area contributed by atoms with E-state index in [9.17, 15) is 4.79 Å². The number of nitrogens with one attached hydrogen (secondary N) is 2. The van der Waals surface area contributed by atoms with E-state index in [1.165, 1.54) is 11.1 Å². The molecule has 21 heavy (non-hydrogen) atoms. The lowest BCUT2D eigenvalue weighted by Gasteiger charge is -2.26. The Balaban J connectivity index is 2.10. The molecule has 1 unspecified atom stereocenters. The summed E-state index contributed by atoms with van der Waals surface area (Å²) in [6.07, 6.45) is 3.17. The molecule has 1 aromatic rings. The van der Waals surface area contributed by atoms with Gasteiger partial charge < -0.3 is 15.5 Å². The molecule has 1 aliphatic heterocycles. The smallest absolute Gasteiger partial charge is 0.242 e. The highest BCUT2D eigenvalue weighted by Crippen LogP contribution is 2.27. The molecule has 0 spiro atoms. The predicted molar refractivity (Wildman–Crippen MR) is 87.6 cm³/mol. The van der Waals surface area contributed by atoms with Crippen LogP contribution in [0.5, 0.6) is 0 Å². The van der Waals surface area contributed by atoms with Crippen LogP contribution >= 0.6 is 0 Å². The molecule has 2 rings (SSSR count). The molecule has 1 saturated heterocycles. The Labute approximate surface area is 127 Å². The van der Waals surface area contributed by atoms with Gasteiger partial charge in [0.15, 0.2) is 0 Å². The predicted octanol–water partition coefficient (Wildman–Crippen LogP) is 2.21. The molecule has 1 aliphatic rings. The number of hydrogen-bond acceptors (Lipinski definition) is 3. The number of anilines is 1. The highest BCUT2D eigenvalue weighted by Gasteiger charge is 2.30. The van der Waals surface area contributed by atoms with E-state index in [2.05, 4.69) is 47.6 Å². The number of rotatable bonds is 6. The van der Waals surface area contributed by atoms with Crippen LogP contribution in [0, 0.1) is 6.92 Å². The lowest BCUT2D eigenvalue weighted by Crippen LogP contribution is -2.42. The Bertz CT molecular complexity index is 487. The van der Waals surface area contributed by atoms with E-state index in [1.54, 1.807) is 7.05 Å². The molecule has 0 saturated carbocycles. The first-order chi connectivity index (χ1) is 10.2. The molecule has 116 valence electrons. The average molecular weight is 289 g/mol. The van der Waals surface area contributed by atoms with Crippen LogP contribution in [0.2, 0.25) is 0 Å². The first-order valence-corrected chi connectivity index (χ1v) is 7.95. The Kier molecular flexibility index (Phi) is 5.62. The average Bonchev–Trinajstić information content (AvgIpc) is 2.97. The fraction of sp³-hybridized carbons (Fsp3) is 0.588. The Hall–Kier alpha value is -1.55. The van der Waals surface area contributed by atoms with Gasteiger partial charge in [-0.15, -0.1) is 0 Å². The molecule has 1 atom stereocenters. The van der Waals surface area contributed by atoms with Crippen molar-refractivity contribution < 1.29 is 4.79 Å². The van der Waals surface area contributed by atoms with Gasteiger partial charge in [-0.2, -0.15) is 0 Å². The SMILES string of the molecule is CCCNCc1ccc(N2CCCC2C(=O)NC)cc1C. The van der Waals surface area contributed by atoms with Gasteiger partial charge in [0.05, 0.1) is 0 Å². The summed E-state index contributed by atoms with van der Waals surface area (Å²) < 4.78 is 0. The molecule has 4 heteroatoms. The lowest BCUT2D eigenvalue weighted by atomic mass is 10.1. The molecule has 1 heterocycles. The lowest BCUT2D eigenvalue weighted by molar-refractivity contribution is -0.121. The van der Waals surface area contributed by atoms with Gasteiger partial charge >= 0.3 is 0 Å². The van der Waals surface area contributed by atoms with Gasteiger partial charge in [0.1, 0.15) is 6.04 Å². The van der Waals surface area contributed by atoms with Crippen molar-refractivity contribution in [3.8, 4) is 0 Å². The summed E-state index contributed by atoms with van der Waals surface area (Å²) in [5.41, 5.74) is 3.79. The number of carbonyl (C=O) groups is 1. The summed E-state index contributed by atoms with van der Waals surface area (Å²) in [4.78, 5) is 14.2. The molecular weight excluding hydrogens is 262 g/mol. The summed E-state index contributed by atoms with van der Waals surface area (Å²) in [6, 6.07) is 6.53. The van der Waals surface area contributed by atoms with Crippen LogP contribution in [-0.4, -0.2) is 32.1 Å². The highest BCUT2D eigenvalue weighted by molar-refractivity contribution is 5.85. The van der Waals surface area contributed by atoms with Crippen LogP contribution in [0.4, 0.5) is 5.69 Å². The van der Waals surface area contributed by atoms with Crippen LogP contribution < -0.4 is 15.5 Å². The van der Waals surface area contributed by atoms with Gasteiger partial charge in [-0.25, -0.2) is 0 Å². The van der Waals surface area contributed by atoms with E-state index in [0.717, 1.165) is 44.6 Å². The van der Waals surface area contributed by atoms with Crippen molar-refractivity contribution in [2.24, 2.45) is 0 Å². The maximum atomic E-state index is 12.0. The molecule has 1 fully saturated rings. The van der Waals surface area contributed by atoms with Gasteiger partial charge in [-0.1, -0.05) is 13.0 Å². The highest BCUT2D eigenvalue weighted by atomic mass is 16.2. The van der Waals surface area contributed by atoms with Crippen molar-refractivity contribution >= 4 is 11.6 Å². The summed E-state index contributed by atoms with van der Waals surface area (Å²) in [7, 11) is 1.71. The van der Waals surface area contributed by atoms with Crippen molar-refractivity contribution in [2.45, 2.75) is 45.7 Å². The zero-order valence-corrected chi connectivity index (χ0v) is 13.4. The second-order valence-electron chi connectivity index (χ2n) is 5.75. The van der Waals surface area contributed by atoms with Crippen molar-refractivity contribution in [2.75, 3.05) is 25.0 Å². The molecule has 0 aliphatic carbocycles. The standard InChI is InChI=1S/C17H27N3O/c1-4-9-19-12-14-7-8-15(11-13(14)2)20-10-5-6-16(20)17(21)18-3/h7-8,11,16,19H,4-6,9-10,12H2,1-3H3,(H,18,21). The zero-order valence-electron chi connectivity index (χ0n) is 13.4. The number of aryl methyl sites for hydroxylation is 1. The van der Waals surface area contributed by atoms with Crippen molar-refractivity contribution in [3.05, 3.63) is 29.3 Å². The molecule has 4 nitrogen and oxygen atoms in total. The summed E-state index contributed by atoms with van der Waals surface area (Å²) in [6.45, 7) is 7.25. The maximum Gasteiger partial charge on any atom is 0.242 e. The number of amides is 1. The van der Waals surface area contributed by atoms with Crippen LogP contribution in [0.25, 0.3) is 0 Å². The Morgan fingerprint density at radius 2 is 2.24 bits per heavy atom. The second kappa shape index (κ2) is 7.46. The van der Waals surface area contributed by atoms with Gasteiger partial charge in [0.2, 0.25) is 5.91 Å². The van der Waals surface area contributed by atoms with Gasteiger partial charge in [0, 0.05) is 25.8 Å². The molecule has 0 radical (unpaired) electrons. The van der Waals surface area contributed by atoms with Gasteiger partial charge in [-0.3, -0.25) is 4.79 Å². The number of nitrogens with zero attached hydrogens (tertiary/aromatic N) is 1. The molecule has 0 bridgehead atoms. The van der Waals surface area contributed by atoms with Crippen LogP contribution in [0.1, 0.15) is 37.3 Å². The first-order valence-electron chi connectivity index (χ1n) is 7.95. The zero-order chi connectivity index (χ0) is 15.2. The van der Waals surface area contributed by atoms with E-state index in [0.29, 0.717) is 0 Å². The summed E-state index contributed by atoms with van der Waals surface area (Å²) >= 11 is 0. The fourth-order valence-corrected chi connectivity index (χ4v) is 2.97. The minimum absolute atomic E-state index is 0.0153. The minimum Gasteiger partial charge on any atom is -0.360 e. The largest absolute Gasteiger partial charge is 0.360 e. The third-order valence-corrected chi connectivity index (χ3v) is 4.20. The third kappa shape index (κ3) is 3.76. The molecular formula is C17H27N3O. The quantitative estimate of drug-likeness (QED) is 0.789. The van der Waals surface area contributed by atoms with E-state index in [1.807, 2.05) is 0 Å². The number of carbonyl (C=O) groups excluding carboxylic acids is 1. The Morgan fingerprint density at radius 1 is 1.43 bits per heavy atom. The summed E-state index contributed by atoms with van der Waals surface area (Å²) in [5.74, 6) is 0.124. The number of hydrogen-bond donors (Lipinski definition) is 2. The molecule has 1 amide bonds. The molecule has 0 aromatic heterocycles. The van der Waals surface area contributed by atoms with Gasteiger partial charge in [0.25, 0.3) is 0 Å². The number of benzene rings is 1. The van der Waals surface area contributed by atoms with Crippen molar-refractivity contribution in [1.82, 2.24) is 10.6 Å². The van der Waals surface area contributed by atoms with Crippen LogP contribution in [-0.2, 0) is 11.3 Å². The normalized spacial score (nSPS) is 18.0. The number of likely N-dealkylation sites (N-methyl/N-ethyl adjacent to an activating group) is 1. The maximum absolute atomic E-state index is 12.0. The van der Waals surface area contributed by atoms with E-state index >= 15 is 0 Å². The van der Waals surface area contributed by atoms with E-state index in [4.69, 9.17) is 0 Å². The van der Waals surface area contributed by atoms with E-state index < -0.39 is 0 Å². The van der Waals surface area contributed by atoms with Crippen LogP contribution in [0.15, 0.2) is 18.2 Å². The fourth-order valence-electron chi connectivity index (χ4n) is 2.97. The Morgan fingerprint density at radius 3 is 2.90 bits per heavy atom. The van der Waals surface area contributed by atoms with E-state index in [-0.39, 0.29) is 11.9 Å². The van der Waals surface area contributed by atoms with Crippen LogP contribution in [0.3, 0.4) is 0 Å². The van der Waals surface area contributed by atoms with Crippen molar-refractivity contribution in [3.63, 3.8) is 0 Å².